The number of hydrogen-bond acceptors (Lipinski definition) is 5. The van der Waals surface area contributed by atoms with Gasteiger partial charge >= 0.3 is 0 Å². The number of piperazine rings is 1. The van der Waals surface area contributed by atoms with Gasteiger partial charge in [-0.15, -0.1) is 0 Å². The number of aryl methyl sites for hydroxylation is 1. The zero-order valence-electron chi connectivity index (χ0n) is 13.2. The van der Waals surface area contributed by atoms with Crippen LogP contribution in [0.25, 0.3) is 11.0 Å². The van der Waals surface area contributed by atoms with Crippen LogP contribution >= 0.6 is 0 Å². The average molecular weight is 302 g/mol. The highest BCUT2D eigenvalue weighted by atomic mass is 16.2. The van der Waals surface area contributed by atoms with Crippen molar-refractivity contribution >= 4 is 22.8 Å². The Kier molecular flexibility index (Phi) is 4.22. The largest absolute Gasteiger partial charge is 0.352 e. The van der Waals surface area contributed by atoms with Gasteiger partial charge in [0.05, 0.1) is 11.6 Å². The summed E-state index contributed by atoms with van der Waals surface area (Å²) in [7, 11) is 1.88. The Morgan fingerprint density at radius 3 is 2.73 bits per heavy atom. The van der Waals surface area contributed by atoms with Crippen LogP contribution in [-0.2, 0) is 11.8 Å². The van der Waals surface area contributed by atoms with Crippen LogP contribution in [0.2, 0.25) is 0 Å². The molecule has 1 aliphatic heterocycles. The summed E-state index contributed by atoms with van der Waals surface area (Å²) in [6.45, 7) is 5.24. The van der Waals surface area contributed by atoms with E-state index in [-0.39, 0.29) is 5.91 Å². The maximum Gasteiger partial charge on any atom is 0.222 e. The van der Waals surface area contributed by atoms with Gasteiger partial charge in [-0.2, -0.15) is 5.10 Å². The highest BCUT2D eigenvalue weighted by molar-refractivity contribution is 5.86. The van der Waals surface area contributed by atoms with Gasteiger partial charge in [0.15, 0.2) is 5.65 Å². The van der Waals surface area contributed by atoms with Crippen LogP contribution in [0.5, 0.6) is 0 Å². The molecule has 0 N–H and O–H groups in total. The second kappa shape index (κ2) is 6.29. The molecule has 118 valence electrons. The molecule has 7 heteroatoms. The van der Waals surface area contributed by atoms with Gasteiger partial charge in [0.2, 0.25) is 5.91 Å². The zero-order valence-corrected chi connectivity index (χ0v) is 13.2. The SMILES string of the molecule is CCCCC(=O)N1CCN(c2ncnc3c2cnn3C)CC1. The minimum Gasteiger partial charge on any atom is -0.352 e. The van der Waals surface area contributed by atoms with E-state index in [1.54, 1.807) is 11.0 Å². The van der Waals surface area contributed by atoms with Crippen molar-refractivity contribution in [1.82, 2.24) is 24.6 Å². The summed E-state index contributed by atoms with van der Waals surface area (Å²) in [6, 6.07) is 0. The molecule has 1 aliphatic rings. The van der Waals surface area contributed by atoms with E-state index in [0.29, 0.717) is 6.42 Å². The Bertz CT molecular complexity index is 659. The maximum absolute atomic E-state index is 12.1. The van der Waals surface area contributed by atoms with E-state index in [4.69, 9.17) is 0 Å². The summed E-state index contributed by atoms with van der Waals surface area (Å²) in [5.74, 6) is 1.19. The predicted octanol–water partition coefficient (Wildman–Crippen LogP) is 1.20. The van der Waals surface area contributed by atoms with Crippen LogP contribution in [0.4, 0.5) is 5.82 Å². The molecule has 0 saturated carbocycles. The smallest absolute Gasteiger partial charge is 0.222 e. The molecule has 0 unspecified atom stereocenters. The Balaban J connectivity index is 1.69. The normalized spacial score (nSPS) is 15.5. The molecule has 0 spiro atoms. The van der Waals surface area contributed by atoms with Crippen molar-refractivity contribution in [3.05, 3.63) is 12.5 Å². The molecule has 3 rings (SSSR count). The Hall–Kier alpha value is -2.18. The quantitative estimate of drug-likeness (QED) is 0.849. The first-order chi connectivity index (χ1) is 10.7. The number of unbranched alkanes of at least 4 members (excludes halogenated alkanes) is 1. The van der Waals surface area contributed by atoms with Crippen molar-refractivity contribution in [1.29, 1.82) is 0 Å². The molecule has 1 fully saturated rings. The number of fused-ring (bicyclic) bond motifs is 1. The highest BCUT2D eigenvalue weighted by Gasteiger charge is 2.23. The monoisotopic (exact) mass is 302 g/mol. The third-order valence-corrected chi connectivity index (χ3v) is 4.18. The first-order valence-electron chi connectivity index (χ1n) is 7.86. The number of carbonyl (C=O) groups is 1. The maximum atomic E-state index is 12.1. The van der Waals surface area contributed by atoms with E-state index >= 15 is 0 Å². The number of aromatic nitrogens is 4. The number of anilines is 1. The molecule has 0 radical (unpaired) electrons. The summed E-state index contributed by atoms with van der Waals surface area (Å²) in [6.07, 6.45) is 6.09. The lowest BCUT2D eigenvalue weighted by Crippen LogP contribution is -2.49. The number of carbonyl (C=O) groups excluding carboxylic acids is 1. The number of nitrogens with zero attached hydrogens (tertiary/aromatic N) is 6. The first-order valence-corrected chi connectivity index (χ1v) is 7.86. The first kappa shape index (κ1) is 14.7. The van der Waals surface area contributed by atoms with Gasteiger partial charge in [0.25, 0.3) is 0 Å². The van der Waals surface area contributed by atoms with E-state index in [1.165, 1.54) is 0 Å². The third kappa shape index (κ3) is 2.75. The fraction of sp³-hybridized carbons (Fsp3) is 0.600. The van der Waals surface area contributed by atoms with Crippen molar-refractivity contribution in [2.75, 3.05) is 31.1 Å². The second-order valence-electron chi connectivity index (χ2n) is 5.67. The Morgan fingerprint density at radius 2 is 2.00 bits per heavy atom. The van der Waals surface area contributed by atoms with Gasteiger partial charge < -0.3 is 9.80 Å². The predicted molar refractivity (Wildman–Crippen MR) is 84.6 cm³/mol. The van der Waals surface area contributed by atoms with E-state index in [9.17, 15) is 4.79 Å². The van der Waals surface area contributed by atoms with Crippen LogP contribution in [0.3, 0.4) is 0 Å². The van der Waals surface area contributed by atoms with Gasteiger partial charge in [0.1, 0.15) is 12.1 Å². The van der Waals surface area contributed by atoms with Crippen LogP contribution in [0.1, 0.15) is 26.2 Å². The summed E-state index contributed by atoms with van der Waals surface area (Å²) < 4.78 is 1.75. The fourth-order valence-electron chi connectivity index (χ4n) is 2.86. The number of rotatable bonds is 4. The number of amides is 1. The molecular formula is C15H22N6O. The molecule has 7 nitrogen and oxygen atoms in total. The summed E-state index contributed by atoms with van der Waals surface area (Å²) in [4.78, 5) is 25.0. The second-order valence-corrected chi connectivity index (χ2v) is 5.67. The number of hydrogen-bond donors (Lipinski definition) is 0. The van der Waals surface area contributed by atoms with Crippen LogP contribution in [0.15, 0.2) is 12.5 Å². The van der Waals surface area contributed by atoms with E-state index < -0.39 is 0 Å². The van der Waals surface area contributed by atoms with E-state index in [2.05, 4.69) is 26.9 Å². The van der Waals surface area contributed by atoms with Crippen LogP contribution < -0.4 is 4.90 Å². The van der Waals surface area contributed by atoms with Gasteiger partial charge in [-0.1, -0.05) is 13.3 Å². The highest BCUT2D eigenvalue weighted by Crippen LogP contribution is 2.23. The van der Waals surface area contributed by atoms with Crippen molar-refractivity contribution in [3.8, 4) is 0 Å². The average Bonchev–Trinajstić information content (AvgIpc) is 2.94. The molecule has 0 aromatic carbocycles. The lowest BCUT2D eigenvalue weighted by molar-refractivity contribution is -0.131. The molecule has 3 heterocycles. The molecule has 22 heavy (non-hydrogen) atoms. The summed E-state index contributed by atoms with van der Waals surface area (Å²) in [5, 5.41) is 5.22. The van der Waals surface area contributed by atoms with Gasteiger partial charge in [-0.3, -0.25) is 9.48 Å². The van der Waals surface area contributed by atoms with Crippen molar-refractivity contribution < 1.29 is 4.79 Å². The van der Waals surface area contributed by atoms with Crippen LogP contribution in [-0.4, -0.2) is 56.7 Å². The molecule has 1 saturated heterocycles. The van der Waals surface area contributed by atoms with Crippen molar-refractivity contribution in [2.24, 2.45) is 7.05 Å². The van der Waals surface area contributed by atoms with Crippen molar-refractivity contribution in [2.45, 2.75) is 26.2 Å². The summed E-state index contributed by atoms with van der Waals surface area (Å²) in [5.41, 5.74) is 0.839. The van der Waals surface area contributed by atoms with Crippen LogP contribution in [0, 0.1) is 0 Å². The fourth-order valence-corrected chi connectivity index (χ4v) is 2.86. The van der Waals surface area contributed by atoms with Gasteiger partial charge in [-0.05, 0) is 6.42 Å². The molecule has 2 aromatic rings. The molecular weight excluding hydrogens is 280 g/mol. The molecule has 2 aromatic heterocycles. The van der Waals surface area contributed by atoms with E-state index in [0.717, 1.165) is 55.9 Å². The molecule has 0 bridgehead atoms. The molecule has 0 aliphatic carbocycles. The van der Waals surface area contributed by atoms with Gasteiger partial charge in [0, 0.05) is 39.6 Å². The Labute approximate surface area is 129 Å². The standard InChI is InChI=1S/C15H22N6O/c1-3-4-5-13(22)20-6-8-21(9-7-20)15-12-10-18-19(2)14(12)16-11-17-15/h10-11H,3-9H2,1-2H3. The lowest BCUT2D eigenvalue weighted by Gasteiger charge is -2.35. The lowest BCUT2D eigenvalue weighted by atomic mass is 10.2. The minimum atomic E-state index is 0.274. The Morgan fingerprint density at radius 1 is 1.23 bits per heavy atom. The topological polar surface area (TPSA) is 67.2 Å². The molecule has 1 amide bonds. The van der Waals surface area contributed by atoms with E-state index in [1.807, 2.05) is 18.1 Å². The zero-order chi connectivity index (χ0) is 15.5. The summed E-state index contributed by atoms with van der Waals surface area (Å²) >= 11 is 0. The minimum absolute atomic E-state index is 0.274. The molecule has 0 atom stereocenters. The van der Waals surface area contributed by atoms with Gasteiger partial charge in [-0.25, -0.2) is 9.97 Å². The third-order valence-electron chi connectivity index (χ3n) is 4.18. The van der Waals surface area contributed by atoms with Crippen molar-refractivity contribution in [3.63, 3.8) is 0 Å².